The van der Waals surface area contributed by atoms with Crippen molar-refractivity contribution >= 4 is 114 Å². The fourth-order valence-corrected chi connectivity index (χ4v) is 17.8. The fraction of sp³-hybridized carbons (Fsp3) is 0.0588. The second-order valence-corrected chi connectivity index (χ2v) is 24.6. The van der Waals surface area contributed by atoms with E-state index >= 15 is 0 Å². The molecule has 0 fully saturated rings. The molecule has 11 aromatic carbocycles. The van der Waals surface area contributed by atoms with Crippen LogP contribution in [0.15, 0.2) is 261 Å². The second-order valence-electron chi connectivity index (χ2n) is 20.8. The van der Waals surface area contributed by atoms with Gasteiger partial charge in [-0.1, -0.05) is 215 Å². The van der Waals surface area contributed by atoms with Crippen molar-refractivity contribution in [1.82, 2.24) is 0 Å². The maximum Gasteiger partial charge on any atom is 0.252 e. The average molecular weight is 950 g/mol. The summed E-state index contributed by atoms with van der Waals surface area (Å²) in [5, 5.41) is 8.10. The van der Waals surface area contributed by atoms with Crippen LogP contribution in [0.5, 0.6) is 0 Å². The highest BCUT2D eigenvalue weighted by atomic mass is 28.3. The summed E-state index contributed by atoms with van der Waals surface area (Å²) < 4.78 is 0. The van der Waals surface area contributed by atoms with E-state index in [4.69, 9.17) is 0 Å². The maximum atomic E-state index is 2.63. The van der Waals surface area contributed by atoms with Crippen molar-refractivity contribution in [3.05, 3.63) is 266 Å². The third-order valence-corrected chi connectivity index (χ3v) is 20.7. The Balaban J connectivity index is 1.13. The standard InChI is InChI=1S/C68H52BN3Si/c1-68(2,3)48-38-42-61-60(43-48)69-59-41-37-47-23-19-20-34-56(47)67(59)72(51-28-13-6-14-29-51)63-45-53(70(49-24-9-4-10-25-49)50-26-11-5-12-27-50)44-62(66(63)69)71(61)52-39-40-58-57-35-21-22-36-64(57)73(65(58)46-52,54-30-15-7-16-31-54)55-32-17-8-18-33-55/h4-46H,1-3H3. The molecule has 0 aromatic heterocycles. The molecule has 0 amide bonds. The Morgan fingerprint density at radius 1 is 0.397 bits per heavy atom. The lowest BCUT2D eigenvalue weighted by Crippen LogP contribution is -2.72. The molecule has 0 N–H and O–H groups in total. The molecule has 3 heterocycles. The van der Waals surface area contributed by atoms with E-state index in [1.165, 1.54) is 87.3 Å². The third kappa shape index (κ3) is 6.58. The van der Waals surface area contributed by atoms with Gasteiger partial charge in [0.15, 0.2) is 8.07 Å². The van der Waals surface area contributed by atoms with Crippen LogP contribution in [0.25, 0.3) is 21.9 Å². The van der Waals surface area contributed by atoms with Crippen molar-refractivity contribution in [3.8, 4) is 11.1 Å². The van der Waals surface area contributed by atoms with Crippen LogP contribution in [0.3, 0.4) is 0 Å². The van der Waals surface area contributed by atoms with Gasteiger partial charge in [0.2, 0.25) is 0 Å². The first kappa shape index (κ1) is 43.2. The first-order chi connectivity index (χ1) is 35.9. The zero-order chi connectivity index (χ0) is 48.8. The van der Waals surface area contributed by atoms with E-state index in [1.54, 1.807) is 0 Å². The molecular formula is C68H52BN3Si. The molecule has 11 aromatic rings. The molecule has 3 nitrogen and oxygen atoms in total. The van der Waals surface area contributed by atoms with Crippen LogP contribution in [-0.4, -0.2) is 14.8 Å². The zero-order valence-electron chi connectivity index (χ0n) is 41.2. The Morgan fingerprint density at radius 2 is 0.959 bits per heavy atom. The normalized spacial score (nSPS) is 13.7. The molecule has 0 saturated carbocycles. The molecule has 14 rings (SSSR count). The summed E-state index contributed by atoms with van der Waals surface area (Å²) in [7, 11) is -2.85. The van der Waals surface area contributed by atoms with E-state index in [2.05, 4.69) is 296 Å². The van der Waals surface area contributed by atoms with E-state index in [9.17, 15) is 0 Å². The first-order valence-corrected chi connectivity index (χ1v) is 27.6. The summed E-state index contributed by atoms with van der Waals surface area (Å²) in [6.45, 7) is 6.97. The molecular weight excluding hydrogens is 898 g/mol. The number of benzene rings is 11. The largest absolute Gasteiger partial charge is 0.311 e. The van der Waals surface area contributed by atoms with E-state index in [-0.39, 0.29) is 12.1 Å². The molecule has 3 aliphatic heterocycles. The Kier molecular flexibility index (Phi) is 9.89. The summed E-state index contributed by atoms with van der Waals surface area (Å²) in [6, 6.07) is 98.2. The Hall–Kier alpha value is -8.64. The zero-order valence-corrected chi connectivity index (χ0v) is 42.2. The maximum absolute atomic E-state index is 2.85. The molecule has 3 aliphatic rings. The highest BCUT2D eigenvalue weighted by molar-refractivity contribution is 7.22. The van der Waals surface area contributed by atoms with E-state index in [1.807, 2.05) is 0 Å². The molecule has 0 unspecified atom stereocenters. The number of anilines is 9. The topological polar surface area (TPSA) is 9.72 Å². The van der Waals surface area contributed by atoms with Gasteiger partial charge in [0, 0.05) is 50.9 Å². The van der Waals surface area contributed by atoms with Gasteiger partial charge >= 0.3 is 0 Å². The minimum atomic E-state index is -2.85. The van der Waals surface area contributed by atoms with Crippen LogP contribution in [0.1, 0.15) is 26.3 Å². The highest BCUT2D eigenvalue weighted by Gasteiger charge is 2.50. The molecule has 0 bridgehead atoms. The number of para-hydroxylation sites is 3. The Bertz CT molecular complexity index is 3830. The van der Waals surface area contributed by atoms with E-state index < -0.39 is 8.07 Å². The Labute approximate surface area is 430 Å². The molecule has 0 atom stereocenters. The van der Waals surface area contributed by atoms with Gasteiger partial charge < -0.3 is 14.7 Å². The van der Waals surface area contributed by atoms with Gasteiger partial charge in [-0.3, -0.25) is 0 Å². The van der Waals surface area contributed by atoms with Crippen molar-refractivity contribution in [3.63, 3.8) is 0 Å². The summed E-state index contributed by atoms with van der Waals surface area (Å²) in [5.74, 6) is 0. The highest BCUT2D eigenvalue weighted by Crippen LogP contribution is 2.50. The van der Waals surface area contributed by atoms with Crippen LogP contribution >= 0.6 is 0 Å². The molecule has 0 aliphatic carbocycles. The smallest absolute Gasteiger partial charge is 0.252 e. The first-order valence-electron chi connectivity index (χ1n) is 25.6. The minimum absolute atomic E-state index is 0.0603. The van der Waals surface area contributed by atoms with Gasteiger partial charge in [0.1, 0.15) is 0 Å². The van der Waals surface area contributed by atoms with Crippen LogP contribution < -0.4 is 51.8 Å². The van der Waals surface area contributed by atoms with Gasteiger partial charge in [-0.25, -0.2) is 0 Å². The third-order valence-electron chi connectivity index (χ3n) is 15.8. The number of fused-ring (bicyclic) bond motifs is 9. The van der Waals surface area contributed by atoms with Gasteiger partial charge in [0.25, 0.3) is 6.71 Å². The molecule has 73 heavy (non-hydrogen) atoms. The van der Waals surface area contributed by atoms with E-state index in [0.29, 0.717) is 0 Å². The van der Waals surface area contributed by atoms with Crippen LogP contribution in [0.2, 0.25) is 0 Å². The lowest BCUT2D eigenvalue weighted by molar-refractivity contribution is 0.591. The van der Waals surface area contributed by atoms with E-state index in [0.717, 1.165) is 28.4 Å². The molecule has 0 saturated heterocycles. The average Bonchev–Trinajstić information content (AvgIpc) is 3.76. The van der Waals surface area contributed by atoms with Crippen molar-refractivity contribution < 1.29 is 0 Å². The van der Waals surface area contributed by atoms with Gasteiger partial charge in [-0.15, -0.1) is 0 Å². The van der Waals surface area contributed by atoms with Gasteiger partial charge in [-0.05, 0) is 131 Å². The number of hydrogen-bond acceptors (Lipinski definition) is 3. The van der Waals surface area contributed by atoms with Crippen molar-refractivity contribution in [2.24, 2.45) is 0 Å². The van der Waals surface area contributed by atoms with Crippen LogP contribution in [0.4, 0.5) is 51.2 Å². The quantitative estimate of drug-likeness (QED) is 0.147. The Morgan fingerprint density at radius 3 is 1.62 bits per heavy atom. The second kappa shape index (κ2) is 16.7. The number of nitrogens with zero attached hydrogens (tertiary/aromatic N) is 3. The SMILES string of the molecule is CC(C)(C)c1ccc2c(c1)B1c3ccc4ccccc4c3N(c3ccccc3)c3cc(N(c4ccccc4)c4ccccc4)cc(c31)N2c1ccc2c(c1)[Si](c1ccccc1)(c1ccccc1)c1ccccc1-2. The molecule has 0 spiro atoms. The summed E-state index contributed by atoms with van der Waals surface area (Å²) in [6.07, 6.45) is 0. The fourth-order valence-electron chi connectivity index (χ4n) is 12.6. The van der Waals surface area contributed by atoms with Gasteiger partial charge in [0.05, 0.1) is 5.69 Å². The molecule has 5 heteroatoms. The summed E-state index contributed by atoms with van der Waals surface area (Å²) in [5.41, 5.74) is 18.2. The van der Waals surface area contributed by atoms with Crippen LogP contribution in [-0.2, 0) is 5.41 Å². The summed E-state index contributed by atoms with van der Waals surface area (Å²) >= 11 is 0. The van der Waals surface area contributed by atoms with Crippen LogP contribution in [0, 0.1) is 0 Å². The minimum Gasteiger partial charge on any atom is -0.311 e. The number of rotatable bonds is 7. The molecule has 346 valence electrons. The monoisotopic (exact) mass is 949 g/mol. The van der Waals surface area contributed by atoms with Gasteiger partial charge in [-0.2, -0.15) is 0 Å². The lowest BCUT2D eigenvalue weighted by Gasteiger charge is -2.45. The lowest BCUT2D eigenvalue weighted by atomic mass is 9.33. The van der Waals surface area contributed by atoms with Crippen molar-refractivity contribution in [1.29, 1.82) is 0 Å². The molecule has 0 radical (unpaired) electrons. The summed E-state index contributed by atoms with van der Waals surface area (Å²) in [4.78, 5) is 7.64. The van der Waals surface area contributed by atoms with Crippen molar-refractivity contribution in [2.45, 2.75) is 26.2 Å². The van der Waals surface area contributed by atoms with Crippen molar-refractivity contribution in [2.75, 3.05) is 14.7 Å². The number of hydrogen-bond donors (Lipinski definition) is 0. The predicted octanol–water partition coefficient (Wildman–Crippen LogP) is 13.0. The predicted molar refractivity (Wildman–Crippen MR) is 314 cm³/mol.